The number of sulfonamides is 1. The predicted molar refractivity (Wildman–Crippen MR) is 111 cm³/mol. The lowest BCUT2D eigenvalue weighted by Crippen LogP contribution is -2.32. The fourth-order valence-electron chi connectivity index (χ4n) is 3.22. The van der Waals surface area contributed by atoms with Gasteiger partial charge in [0.1, 0.15) is 0 Å². The van der Waals surface area contributed by atoms with Crippen LogP contribution >= 0.6 is 11.8 Å². The maximum atomic E-state index is 13.1. The van der Waals surface area contributed by atoms with E-state index in [1.165, 1.54) is 17.8 Å². The molecule has 1 aliphatic heterocycles. The van der Waals surface area contributed by atoms with Crippen molar-refractivity contribution in [2.24, 2.45) is 0 Å². The van der Waals surface area contributed by atoms with Crippen LogP contribution in [-0.2, 0) is 16.6 Å². The number of nitrogens with zero attached hydrogens (tertiary/aromatic N) is 2. The van der Waals surface area contributed by atoms with Crippen molar-refractivity contribution in [3.05, 3.63) is 53.9 Å². The Bertz CT molecular complexity index is 910. The number of hydrogen-bond acceptors (Lipinski definition) is 5. The number of carbonyl (C=O) groups is 1. The highest BCUT2D eigenvalue weighted by atomic mass is 32.2. The molecule has 8 heteroatoms. The zero-order valence-corrected chi connectivity index (χ0v) is 17.6. The van der Waals surface area contributed by atoms with E-state index in [4.69, 9.17) is 0 Å². The van der Waals surface area contributed by atoms with Crippen molar-refractivity contribution in [2.45, 2.75) is 42.0 Å². The number of nitrogens with one attached hydrogen (secondary N) is 1. The Balaban J connectivity index is 1.83. The summed E-state index contributed by atoms with van der Waals surface area (Å²) < 4.78 is 28.0. The van der Waals surface area contributed by atoms with E-state index in [-0.39, 0.29) is 17.3 Å². The highest BCUT2D eigenvalue weighted by Crippen LogP contribution is 2.26. The number of amides is 1. The third kappa shape index (κ3) is 5.12. The molecule has 3 rings (SSSR count). The summed E-state index contributed by atoms with van der Waals surface area (Å²) >= 11 is 1.45. The van der Waals surface area contributed by atoms with Gasteiger partial charge in [-0.1, -0.05) is 18.9 Å². The number of thioether (sulfide) groups is 1. The maximum absolute atomic E-state index is 13.1. The van der Waals surface area contributed by atoms with Crippen molar-refractivity contribution in [3.63, 3.8) is 0 Å². The summed E-state index contributed by atoms with van der Waals surface area (Å²) in [5.41, 5.74) is 1.09. The van der Waals surface area contributed by atoms with Gasteiger partial charge < -0.3 is 4.90 Å². The summed E-state index contributed by atoms with van der Waals surface area (Å²) in [6.45, 7) is 1.55. The number of rotatable bonds is 6. The van der Waals surface area contributed by atoms with Crippen molar-refractivity contribution in [1.82, 2.24) is 14.6 Å². The number of likely N-dealkylation sites (tertiary alicyclic amines) is 1. The molecule has 1 aromatic heterocycles. The molecule has 6 nitrogen and oxygen atoms in total. The average Bonchev–Trinajstić information content (AvgIpc) is 3.01. The summed E-state index contributed by atoms with van der Waals surface area (Å²) in [7, 11) is -3.75. The lowest BCUT2D eigenvalue weighted by atomic mass is 10.2. The van der Waals surface area contributed by atoms with E-state index in [1.54, 1.807) is 30.5 Å². The van der Waals surface area contributed by atoms with Gasteiger partial charge in [0.2, 0.25) is 10.0 Å². The van der Waals surface area contributed by atoms with Crippen LogP contribution in [0.15, 0.2) is 52.4 Å². The van der Waals surface area contributed by atoms with Gasteiger partial charge in [0, 0.05) is 24.2 Å². The molecule has 0 radical (unpaired) electrons. The van der Waals surface area contributed by atoms with Gasteiger partial charge in [-0.15, -0.1) is 11.8 Å². The molecule has 2 heterocycles. The molecule has 0 spiro atoms. The lowest BCUT2D eigenvalue weighted by Gasteiger charge is -2.22. The number of pyridine rings is 1. The molecule has 28 heavy (non-hydrogen) atoms. The first kappa shape index (κ1) is 20.8. The number of benzene rings is 1. The van der Waals surface area contributed by atoms with Gasteiger partial charge in [-0.25, -0.2) is 13.1 Å². The minimum absolute atomic E-state index is 0.0898. The molecule has 0 bridgehead atoms. The molecule has 0 aliphatic carbocycles. The first-order chi connectivity index (χ1) is 13.5. The van der Waals surface area contributed by atoms with Crippen LogP contribution in [0.2, 0.25) is 0 Å². The van der Waals surface area contributed by atoms with E-state index < -0.39 is 10.0 Å². The zero-order chi connectivity index (χ0) is 20.0. The number of aromatic nitrogens is 1. The van der Waals surface area contributed by atoms with Crippen molar-refractivity contribution in [3.8, 4) is 0 Å². The molecule has 1 saturated heterocycles. The monoisotopic (exact) mass is 419 g/mol. The Kier molecular flexibility index (Phi) is 7.09. The van der Waals surface area contributed by atoms with E-state index in [1.807, 2.05) is 17.2 Å². The third-order valence-electron chi connectivity index (χ3n) is 4.77. The second-order valence-corrected chi connectivity index (χ2v) is 9.33. The quantitative estimate of drug-likeness (QED) is 0.727. The molecule has 0 unspecified atom stereocenters. The topological polar surface area (TPSA) is 79.4 Å². The highest BCUT2D eigenvalue weighted by molar-refractivity contribution is 7.98. The van der Waals surface area contributed by atoms with E-state index in [2.05, 4.69) is 9.71 Å². The Morgan fingerprint density at radius 1 is 1.14 bits per heavy atom. The summed E-state index contributed by atoms with van der Waals surface area (Å²) in [5.74, 6) is -0.0898. The van der Waals surface area contributed by atoms with Crippen molar-refractivity contribution in [2.75, 3.05) is 19.3 Å². The highest BCUT2D eigenvalue weighted by Gasteiger charge is 2.23. The van der Waals surface area contributed by atoms with Crippen LogP contribution in [0.25, 0.3) is 0 Å². The average molecular weight is 420 g/mol. The third-order valence-corrected chi connectivity index (χ3v) is 6.97. The first-order valence-electron chi connectivity index (χ1n) is 9.38. The predicted octanol–water partition coefficient (Wildman–Crippen LogP) is 3.30. The molecule has 1 aromatic carbocycles. The molecular formula is C20H25N3O3S2. The van der Waals surface area contributed by atoms with Crippen LogP contribution in [-0.4, -0.2) is 43.6 Å². The van der Waals surface area contributed by atoms with Gasteiger partial charge in [-0.2, -0.15) is 0 Å². The Hall–Kier alpha value is -1.90. The van der Waals surface area contributed by atoms with E-state index in [9.17, 15) is 13.2 Å². The molecule has 1 amide bonds. The lowest BCUT2D eigenvalue weighted by molar-refractivity contribution is 0.0758. The molecule has 1 aliphatic rings. The fraction of sp³-hybridized carbons (Fsp3) is 0.400. The van der Waals surface area contributed by atoms with Crippen LogP contribution in [0.1, 0.15) is 41.7 Å². The SMILES string of the molecule is CSc1ccc(S(=O)(=O)NCc2ccccn2)cc1C(=O)N1CCCCCC1. The second kappa shape index (κ2) is 9.54. The number of hydrogen-bond donors (Lipinski definition) is 1. The minimum atomic E-state index is -3.75. The van der Waals surface area contributed by atoms with Gasteiger partial charge in [-0.3, -0.25) is 9.78 Å². The Morgan fingerprint density at radius 2 is 1.89 bits per heavy atom. The van der Waals surface area contributed by atoms with Crippen LogP contribution in [0.3, 0.4) is 0 Å². The summed E-state index contributed by atoms with van der Waals surface area (Å²) in [5, 5.41) is 0. The maximum Gasteiger partial charge on any atom is 0.255 e. The van der Waals surface area contributed by atoms with E-state index in [0.29, 0.717) is 11.3 Å². The van der Waals surface area contributed by atoms with Gasteiger partial charge in [0.15, 0.2) is 0 Å². The van der Waals surface area contributed by atoms with E-state index in [0.717, 1.165) is 43.7 Å². The Labute approximate surface area is 170 Å². The van der Waals surface area contributed by atoms with Gasteiger partial charge in [0.25, 0.3) is 5.91 Å². The molecular weight excluding hydrogens is 394 g/mol. The standard InChI is InChI=1S/C20H25N3O3S2/c1-27-19-10-9-17(28(25,26)22-15-16-8-4-5-11-21-16)14-18(19)20(24)23-12-6-2-3-7-13-23/h4-5,8-11,14,22H,2-3,6-7,12-13,15H2,1H3. The smallest absolute Gasteiger partial charge is 0.255 e. The Morgan fingerprint density at radius 3 is 2.54 bits per heavy atom. The molecule has 0 saturated carbocycles. The summed E-state index contributed by atoms with van der Waals surface area (Å²) in [6.07, 6.45) is 7.75. The summed E-state index contributed by atoms with van der Waals surface area (Å²) in [6, 6.07) is 10.1. The second-order valence-electron chi connectivity index (χ2n) is 6.71. The molecule has 0 atom stereocenters. The molecule has 150 valence electrons. The van der Waals surface area contributed by atoms with Crippen LogP contribution in [0, 0.1) is 0 Å². The molecule has 1 fully saturated rings. The van der Waals surface area contributed by atoms with Crippen LogP contribution < -0.4 is 4.72 Å². The van der Waals surface area contributed by atoms with E-state index >= 15 is 0 Å². The number of carbonyl (C=O) groups excluding carboxylic acids is 1. The van der Waals surface area contributed by atoms with Gasteiger partial charge in [-0.05, 0) is 49.4 Å². The fourth-order valence-corrected chi connectivity index (χ4v) is 4.82. The van der Waals surface area contributed by atoms with Crippen molar-refractivity contribution < 1.29 is 13.2 Å². The normalized spacial score (nSPS) is 15.2. The zero-order valence-electron chi connectivity index (χ0n) is 15.9. The minimum Gasteiger partial charge on any atom is -0.339 e. The largest absolute Gasteiger partial charge is 0.339 e. The van der Waals surface area contributed by atoms with Crippen molar-refractivity contribution in [1.29, 1.82) is 0 Å². The van der Waals surface area contributed by atoms with Gasteiger partial charge in [0.05, 0.1) is 22.7 Å². The summed E-state index contributed by atoms with van der Waals surface area (Å²) in [4.78, 5) is 19.9. The van der Waals surface area contributed by atoms with Crippen LogP contribution in [0.4, 0.5) is 0 Å². The van der Waals surface area contributed by atoms with Gasteiger partial charge >= 0.3 is 0 Å². The molecule has 2 aromatic rings. The first-order valence-corrected chi connectivity index (χ1v) is 12.1. The van der Waals surface area contributed by atoms with Crippen molar-refractivity contribution >= 4 is 27.7 Å². The molecule has 1 N–H and O–H groups in total. The van der Waals surface area contributed by atoms with Crippen LogP contribution in [0.5, 0.6) is 0 Å².